The summed E-state index contributed by atoms with van der Waals surface area (Å²) in [5.41, 5.74) is 2.31. The van der Waals surface area contributed by atoms with Crippen molar-refractivity contribution in [2.45, 2.75) is 63.4 Å². The van der Waals surface area contributed by atoms with Gasteiger partial charge < -0.3 is 9.14 Å². The molecule has 1 aliphatic heterocycles. The van der Waals surface area contributed by atoms with Gasteiger partial charge in [0.25, 0.3) is 0 Å². The van der Waals surface area contributed by atoms with E-state index in [1.165, 1.54) is 0 Å². The van der Waals surface area contributed by atoms with Crippen LogP contribution < -0.4 is 0 Å². The predicted octanol–water partition coefficient (Wildman–Crippen LogP) is 6.23. The normalized spacial score (nSPS) is 23.1. The van der Waals surface area contributed by atoms with Crippen molar-refractivity contribution in [2.24, 2.45) is 5.92 Å². The highest BCUT2D eigenvalue weighted by molar-refractivity contribution is 6.35. The fourth-order valence-corrected chi connectivity index (χ4v) is 4.64. The van der Waals surface area contributed by atoms with E-state index in [0.717, 1.165) is 30.7 Å². The van der Waals surface area contributed by atoms with E-state index in [1.807, 2.05) is 22.7 Å². The number of carbonyl (C=O) groups is 1. The summed E-state index contributed by atoms with van der Waals surface area (Å²) in [7, 11) is 0. The largest absolute Gasteiger partial charge is 0.372 e. The number of pyridine rings is 1. The maximum Gasteiger partial charge on any atom is 0.248 e. The molecule has 3 nitrogen and oxygen atoms in total. The van der Waals surface area contributed by atoms with Crippen LogP contribution >= 0.6 is 11.6 Å². The van der Waals surface area contributed by atoms with Crippen molar-refractivity contribution in [1.82, 2.24) is 4.40 Å². The minimum Gasteiger partial charge on any atom is -0.372 e. The summed E-state index contributed by atoms with van der Waals surface area (Å²) in [6, 6.07) is 5.56. The first kappa shape index (κ1) is 18.9. The molecule has 4 rings (SSSR count). The Morgan fingerprint density at radius 1 is 1.30 bits per heavy atom. The quantitative estimate of drug-likeness (QED) is 0.561. The highest BCUT2D eigenvalue weighted by atomic mass is 35.5. The van der Waals surface area contributed by atoms with Gasteiger partial charge in [-0.2, -0.15) is 0 Å². The highest BCUT2D eigenvalue weighted by Crippen LogP contribution is 2.39. The van der Waals surface area contributed by atoms with Gasteiger partial charge in [-0.15, -0.1) is 0 Å². The van der Waals surface area contributed by atoms with Gasteiger partial charge in [0, 0.05) is 37.6 Å². The molecule has 0 amide bonds. The number of carbonyl (C=O) groups excluding carboxylic acids is 1. The van der Waals surface area contributed by atoms with Crippen molar-refractivity contribution < 1.29 is 18.3 Å². The summed E-state index contributed by atoms with van der Waals surface area (Å²) >= 11 is 6.41. The average molecular weight is 396 g/mol. The van der Waals surface area contributed by atoms with E-state index in [1.54, 1.807) is 6.07 Å². The molecule has 0 N–H and O–H groups in total. The zero-order valence-corrected chi connectivity index (χ0v) is 16.0. The SMILES string of the molecule is O=C(CCC1CCC(F)(F)CC1)c1cc(C2CCCO2)n2cccc(Cl)c12. The van der Waals surface area contributed by atoms with Crippen LogP contribution in [-0.2, 0) is 4.74 Å². The number of rotatable bonds is 5. The molecule has 2 aromatic rings. The lowest BCUT2D eigenvalue weighted by Gasteiger charge is -2.27. The number of halogens is 3. The Morgan fingerprint density at radius 3 is 2.78 bits per heavy atom. The van der Waals surface area contributed by atoms with Crippen LogP contribution in [0.2, 0.25) is 5.02 Å². The molecule has 27 heavy (non-hydrogen) atoms. The maximum atomic E-state index is 13.3. The van der Waals surface area contributed by atoms with Crippen molar-refractivity contribution in [1.29, 1.82) is 0 Å². The third-order valence-electron chi connectivity index (χ3n) is 5.95. The van der Waals surface area contributed by atoms with E-state index in [-0.39, 0.29) is 30.6 Å². The molecule has 1 saturated heterocycles. The Hall–Kier alpha value is -1.46. The summed E-state index contributed by atoms with van der Waals surface area (Å²) in [6.07, 6.45) is 5.74. The number of ether oxygens (including phenoxy) is 1. The summed E-state index contributed by atoms with van der Waals surface area (Å²) in [5.74, 6) is -2.29. The van der Waals surface area contributed by atoms with Gasteiger partial charge in [-0.25, -0.2) is 8.78 Å². The molecule has 0 bridgehead atoms. The smallest absolute Gasteiger partial charge is 0.248 e. The highest BCUT2D eigenvalue weighted by Gasteiger charge is 2.35. The fraction of sp³-hybridized carbons (Fsp3) is 0.571. The third-order valence-corrected chi connectivity index (χ3v) is 6.25. The number of Topliss-reactive ketones (excluding diaryl/α,β-unsaturated/α-hetero) is 1. The van der Waals surface area contributed by atoms with Crippen molar-refractivity contribution >= 4 is 22.9 Å². The van der Waals surface area contributed by atoms with Crippen molar-refractivity contribution in [3.05, 3.63) is 40.7 Å². The lowest BCUT2D eigenvalue weighted by Crippen LogP contribution is -2.24. The predicted molar refractivity (Wildman–Crippen MR) is 101 cm³/mol. The van der Waals surface area contributed by atoms with Crippen LogP contribution in [0.1, 0.15) is 73.5 Å². The summed E-state index contributed by atoms with van der Waals surface area (Å²) in [4.78, 5) is 12.9. The topological polar surface area (TPSA) is 30.7 Å². The van der Waals surface area contributed by atoms with Gasteiger partial charge in [-0.3, -0.25) is 4.79 Å². The van der Waals surface area contributed by atoms with Crippen LogP contribution in [0.15, 0.2) is 24.4 Å². The number of nitrogens with zero attached hydrogens (tertiary/aromatic N) is 1. The molecule has 6 heteroatoms. The number of alkyl halides is 2. The molecule has 2 aliphatic rings. The first-order valence-electron chi connectivity index (χ1n) is 9.77. The Kier molecular flexibility index (Phi) is 5.26. The molecule has 0 spiro atoms. The van der Waals surface area contributed by atoms with Gasteiger partial charge in [0.15, 0.2) is 5.78 Å². The zero-order chi connectivity index (χ0) is 19.0. The molecular formula is C21H24ClF2NO2. The average Bonchev–Trinajstić information content (AvgIpc) is 3.28. The Morgan fingerprint density at radius 2 is 2.07 bits per heavy atom. The van der Waals surface area contributed by atoms with Crippen molar-refractivity contribution in [3.63, 3.8) is 0 Å². The summed E-state index contributed by atoms with van der Waals surface area (Å²) < 4.78 is 34.4. The summed E-state index contributed by atoms with van der Waals surface area (Å²) in [5, 5.41) is 0.544. The number of ketones is 1. The first-order valence-corrected chi connectivity index (χ1v) is 10.1. The van der Waals surface area contributed by atoms with Gasteiger partial charge in [-0.1, -0.05) is 11.6 Å². The van der Waals surface area contributed by atoms with Crippen LogP contribution in [0, 0.1) is 5.92 Å². The molecule has 0 aromatic carbocycles. The zero-order valence-electron chi connectivity index (χ0n) is 15.2. The van der Waals surface area contributed by atoms with Crippen LogP contribution in [-0.4, -0.2) is 22.7 Å². The van der Waals surface area contributed by atoms with E-state index < -0.39 is 5.92 Å². The molecule has 3 heterocycles. The number of fused-ring (bicyclic) bond motifs is 1. The van der Waals surface area contributed by atoms with Gasteiger partial charge in [-0.05, 0) is 56.2 Å². The lowest BCUT2D eigenvalue weighted by atomic mass is 9.83. The van der Waals surface area contributed by atoms with Crippen LogP contribution in [0.3, 0.4) is 0 Å². The van der Waals surface area contributed by atoms with E-state index in [2.05, 4.69) is 0 Å². The molecular weight excluding hydrogens is 372 g/mol. The van der Waals surface area contributed by atoms with Crippen molar-refractivity contribution in [3.8, 4) is 0 Å². The summed E-state index contributed by atoms with van der Waals surface area (Å²) in [6.45, 7) is 0.730. The standard InChI is InChI=1S/C21H24ClF2NO2/c22-16-3-1-11-25-17(19-4-2-12-27-19)13-15(20(16)25)18(26)6-5-14-7-9-21(23,24)10-8-14/h1,3,11,13-14,19H,2,4-10,12H2. The second-order valence-electron chi connectivity index (χ2n) is 7.82. The second kappa shape index (κ2) is 7.51. The number of hydrogen-bond donors (Lipinski definition) is 0. The van der Waals surface area contributed by atoms with Gasteiger partial charge >= 0.3 is 0 Å². The first-order chi connectivity index (χ1) is 12.9. The Balaban J connectivity index is 1.53. The Labute approximate surface area is 162 Å². The number of aromatic nitrogens is 1. The Bertz CT molecular complexity index is 832. The van der Waals surface area contributed by atoms with E-state index in [0.29, 0.717) is 36.3 Å². The minimum absolute atomic E-state index is 0.0157. The van der Waals surface area contributed by atoms with Gasteiger partial charge in [0.2, 0.25) is 5.92 Å². The lowest BCUT2D eigenvalue weighted by molar-refractivity contribution is -0.0464. The van der Waals surface area contributed by atoms with E-state index in [4.69, 9.17) is 16.3 Å². The maximum absolute atomic E-state index is 13.3. The molecule has 146 valence electrons. The fourth-order valence-electron chi connectivity index (χ4n) is 4.37. The molecule has 2 aromatic heterocycles. The molecule has 2 fully saturated rings. The molecule has 1 unspecified atom stereocenters. The van der Waals surface area contributed by atoms with Crippen molar-refractivity contribution in [2.75, 3.05) is 6.61 Å². The third kappa shape index (κ3) is 3.90. The van der Waals surface area contributed by atoms with E-state index >= 15 is 0 Å². The molecule has 1 saturated carbocycles. The monoisotopic (exact) mass is 395 g/mol. The van der Waals surface area contributed by atoms with Crippen LogP contribution in [0.4, 0.5) is 8.78 Å². The van der Waals surface area contributed by atoms with Gasteiger partial charge in [0.05, 0.1) is 22.3 Å². The molecule has 0 radical (unpaired) electrons. The second-order valence-corrected chi connectivity index (χ2v) is 8.23. The minimum atomic E-state index is -2.53. The molecule has 1 atom stereocenters. The van der Waals surface area contributed by atoms with E-state index in [9.17, 15) is 13.6 Å². The van der Waals surface area contributed by atoms with Crippen LogP contribution in [0.25, 0.3) is 5.52 Å². The number of hydrogen-bond acceptors (Lipinski definition) is 2. The van der Waals surface area contributed by atoms with Crippen LogP contribution in [0.5, 0.6) is 0 Å². The van der Waals surface area contributed by atoms with Gasteiger partial charge in [0.1, 0.15) is 0 Å². The molecule has 1 aliphatic carbocycles.